The predicted molar refractivity (Wildman–Crippen MR) is 94.6 cm³/mol. The molecule has 0 aromatic heterocycles. The number of nitriles is 1. The number of benzene rings is 2. The van der Waals surface area contributed by atoms with Crippen molar-refractivity contribution in [2.45, 2.75) is 18.6 Å². The molecule has 2 atom stereocenters. The van der Waals surface area contributed by atoms with Crippen molar-refractivity contribution in [3.8, 4) is 17.6 Å². The van der Waals surface area contributed by atoms with Crippen molar-refractivity contribution in [3.63, 3.8) is 0 Å². The van der Waals surface area contributed by atoms with Crippen LogP contribution >= 0.6 is 0 Å². The highest BCUT2D eigenvalue weighted by Gasteiger charge is 2.31. The van der Waals surface area contributed by atoms with Crippen molar-refractivity contribution in [1.82, 2.24) is 4.90 Å². The smallest absolute Gasteiger partial charge is 0.137 e. The van der Waals surface area contributed by atoms with Crippen LogP contribution in [0, 0.1) is 11.3 Å². The highest BCUT2D eigenvalue weighted by molar-refractivity contribution is 5.42. The van der Waals surface area contributed by atoms with Crippen molar-refractivity contribution in [2.24, 2.45) is 0 Å². The zero-order valence-electron chi connectivity index (χ0n) is 14.3. The molecule has 1 saturated heterocycles. The van der Waals surface area contributed by atoms with Crippen molar-refractivity contribution >= 4 is 0 Å². The van der Waals surface area contributed by atoms with Crippen molar-refractivity contribution in [3.05, 3.63) is 59.7 Å². The normalized spacial score (nSPS) is 20.2. The van der Waals surface area contributed by atoms with E-state index in [4.69, 9.17) is 14.7 Å². The van der Waals surface area contributed by atoms with Crippen LogP contribution in [0.5, 0.6) is 11.5 Å². The summed E-state index contributed by atoms with van der Waals surface area (Å²) >= 11 is 0. The van der Waals surface area contributed by atoms with E-state index < -0.39 is 0 Å². The van der Waals surface area contributed by atoms with E-state index in [-0.39, 0.29) is 12.1 Å². The van der Waals surface area contributed by atoms with Gasteiger partial charge in [-0.2, -0.15) is 5.26 Å². The Labute approximate surface area is 148 Å². The molecule has 1 N–H and O–H groups in total. The van der Waals surface area contributed by atoms with Gasteiger partial charge < -0.3 is 14.6 Å². The van der Waals surface area contributed by atoms with E-state index in [9.17, 15) is 5.11 Å². The van der Waals surface area contributed by atoms with Crippen LogP contribution in [0.15, 0.2) is 48.5 Å². The van der Waals surface area contributed by atoms with E-state index in [0.29, 0.717) is 37.4 Å². The summed E-state index contributed by atoms with van der Waals surface area (Å²) in [6.45, 7) is 1.76. The van der Waals surface area contributed by atoms with E-state index in [2.05, 4.69) is 17.0 Å². The quantitative estimate of drug-likeness (QED) is 0.877. The van der Waals surface area contributed by atoms with Gasteiger partial charge in [0.05, 0.1) is 18.8 Å². The molecule has 0 saturated carbocycles. The molecule has 130 valence electrons. The standard InChI is InChI=1S/C20H22N2O3/c1-24-18-7-4-6-15(11-18)19-12-17(23)14-22(19)9-10-25-20-8-3-2-5-16(20)13-21/h2-8,11,17,19,23H,9-10,12,14H2,1H3/t17-,19+/m0/s1. The van der Waals surface area contributed by atoms with Crippen LogP contribution in [-0.2, 0) is 0 Å². The Bertz CT molecular complexity index is 757. The molecule has 0 unspecified atom stereocenters. The van der Waals surface area contributed by atoms with Crippen molar-refractivity contribution in [2.75, 3.05) is 26.8 Å². The summed E-state index contributed by atoms with van der Waals surface area (Å²) < 4.78 is 11.1. The lowest BCUT2D eigenvalue weighted by Crippen LogP contribution is -2.29. The maximum Gasteiger partial charge on any atom is 0.137 e. The third-order valence-corrected chi connectivity index (χ3v) is 4.50. The molecule has 5 heteroatoms. The van der Waals surface area contributed by atoms with Crippen LogP contribution in [0.25, 0.3) is 0 Å². The fourth-order valence-electron chi connectivity index (χ4n) is 3.28. The van der Waals surface area contributed by atoms with Gasteiger partial charge in [-0.1, -0.05) is 24.3 Å². The molecule has 0 amide bonds. The molecule has 5 nitrogen and oxygen atoms in total. The minimum absolute atomic E-state index is 0.139. The molecule has 1 heterocycles. The highest BCUT2D eigenvalue weighted by Crippen LogP contribution is 2.33. The first kappa shape index (κ1) is 17.3. The lowest BCUT2D eigenvalue weighted by molar-refractivity contribution is 0.161. The summed E-state index contributed by atoms with van der Waals surface area (Å²) in [5.74, 6) is 1.42. The van der Waals surface area contributed by atoms with E-state index >= 15 is 0 Å². The number of aliphatic hydroxyl groups is 1. The monoisotopic (exact) mass is 338 g/mol. The number of nitrogens with zero attached hydrogens (tertiary/aromatic N) is 2. The van der Waals surface area contributed by atoms with Gasteiger partial charge in [0.25, 0.3) is 0 Å². The number of likely N-dealkylation sites (tertiary alicyclic amines) is 1. The molecule has 2 aromatic carbocycles. The van der Waals surface area contributed by atoms with Gasteiger partial charge in [0.2, 0.25) is 0 Å². The Morgan fingerprint density at radius 1 is 1.24 bits per heavy atom. The molecule has 0 bridgehead atoms. The average Bonchev–Trinajstić information content (AvgIpc) is 3.03. The van der Waals surface area contributed by atoms with Crippen LogP contribution in [0.3, 0.4) is 0 Å². The van der Waals surface area contributed by atoms with Gasteiger partial charge in [-0.25, -0.2) is 0 Å². The zero-order chi connectivity index (χ0) is 17.6. The van der Waals surface area contributed by atoms with Crippen LogP contribution in [-0.4, -0.2) is 42.9 Å². The summed E-state index contributed by atoms with van der Waals surface area (Å²) in [7, 11) is 1.65. The number of hydrogen-bond acceptors (Lipinski definition) is 5. The van der Waals surface area contributed by atoms with Gasteiger partial charge in [0.1, 0.15) is 24.2 Å². The van der Waals surface area contributed by atoms with E-state index in [1.165, 1.54) is 0 Å². The molecular weight excluding hydrogens is 316 g/mol. The molecular formula is C20H22N2O3. The number of ether oxygens (including phenoxy) is 2. The van der Waals surface area contributed by atoms with Crippen LogP contribution < -0.4 is 9.47 Å². The molecule has 1 aliphatic rings. The molecule has 1 aliphatic heterocycles. The third-order valence-electron chi connectivity index (χ3n) is 4.50. The first-order chi connectivity index (χ1) is 12.2. The van der Waals surface area contributed by atoms with E-state index in [0.717, 1.165) is 11.3 Å². The highest BCUT2D eigenvalue weighted by atomic mass is 16.5. The van der Waals surface area contributed by atoms with Gasteiger partial charge in [-0.15, -0.1) is 0 Å². The minimum Gasteiger partial charge on any atom is -0.497 e. The summed E-state index contributed by atoms with van der Waals surface area (Å²) in [5.41, 5.74) is 1.67. The fourth-order valence-corrected chi connectivity index (χ4v) is 3.28. The van der Waals surface area contributed by atoms with Crippen LogP contribution in [0.4, 0.5) is 0 Å². The first-order valence-electron chi connectivity index (χ1n) is 8.39. The second-order valence-electron chi connectivity index (χ2n) is 6.13. The number of aliphatic hydroxyl groups excluding tert-OH is 1. The largest absolute Gasteiger partial charge is 0.497 e. The average molecular weight is 338 g/mol. The second-order valence-corrected chi connectivity index (χ2v) is 6.13. The van der Waals surface area contributed by atoms with Crippen molar-refractivity contribution < 1.29 is 14.6 Å². The predicted octanol–water partition coefficient (Wildman–Crippen LogP) is 2.75. The molecule has 0 spiro atoms. The molecule has 3 rings (SSSR count). The van der Waals surface area contributed by atoms with Gasteiger partial charge in [0.15, 0.2) is 0 Å². The number of methoxy groups -OCH3 is 1. The van der Waals surface area contributed by atoms with Crippen molar-refractivity contribution in [1.29, 1.82) is 5.26 Å². The second kappa shape index (κ2) is 8.02. The number of rotatable bonds is 6. The molecule has 1 fully saturated rings. The molecule has 2 aromatic rings. The summed E-state index contributed by atoms with van der Waals surface area (Å²) in [4.78, 5) is 2.22. The Balaban J connectivity index is 1.65. The summed E-state index contributed by atoms with van der Waals surface area (Å²) in [6, 6.07) is 17.5. The minimum atomic E-state index is -0.345. The Morgan fingerprint density at radius 2 is 2.08 bits per heavy atom. The van der Waals surface area contributed by atoms with Gasteiger partial charge in [-0.3, -0.25) is 4.90 Å². The maximum atomic E-state index is 10.1. The summed E-state index contributed by atoms with van der Waals surface area (Å²) in [5, 5.41) is 19.2. The third kappa shape index (κ3) is 4.11. The summed E-state index contributed by atoms with van der Waals surface area (Å²) in [6.07, 6.45) is 0.352. The number of hydrogen-bond donors (Lipinski definition) is 1. The first-order valence-corrected chi connectivity index (χ1v) is 8.39. The Hall–Kier alpha value is -2.55. The lowest BCUT2D eigenvalue weighted by atomic mass is 10.0. The topological polar surface area (TPSA) is 65.7 Å². The van der Waals surface area contributed by atoms with E-state index in [1.54, 1.807) is 19.2 Å². The fraction of sp³-hybridized carbons (Fsp3) is 0.350. The number of para-hydroxylation sites is 1. The molecule has 0 aliphatic carbocycles. The molecule has 0 radical (unpaired) electrons. The maximum absolute atomic E-state index is 10.1. The van der Waals surface area contributed by atoms with Crippen LogP contribution in [0.2, 0.25) is 0 Å². The van der Waals surface area contributed by atoms with Gasteiger partial charge >= 0.3 is 0 Å². The molecule has 25 heavy (non-hydrogen) atoms. The number of β-amino-alcohol motifs (C(OH)–C–C–N with tert-alkyl or cyclic N) is 1. The zero-order valence-corrected chi connectivity index (χ0v) is 14.3. The Kier molecular flexibility index (Phi) is 5.54. The van der Waals surface area contributed by atoms with Gasteiger partial charge in [0, 0.05) is 19.1 Å². The SMILES string of the molecule is COc1cccc([C@H]2C[C@H](O)CN2CCOc2ccccc2C#N)c1. The Morgan fingerprint density at radius 3 is 2.88 bits per heavy atom. The van der Waals surface area contributed by atoms with Gasteiger partial charge in [-0.05, 0) is 36.2 Å². The van der Waals surface area contributed by atoms with E-state index in [1.807, 2.05) is 30.3 Å². The van der Waals surface area contributed by atoms with Crippen LogP contribution in [0.1, 0.15) is 23.6 Å². The lowest BCUT2D eigenvalue weighted by Gasteiger charge is -2.24.